The highest BCUT2D eigenvalue weighted by atomic mass is 32.2. The van der Waals surface area contributed by atoms with Crippen LogP contribution in [0.5, 0.6) is 0 Å². The molecule has 5 nitrogen and oxygen atoms in total. The Morgan fingerprint density at radius 2 is 1.89 bits per heavy atom. The van der Waals surface area contributed by atoms with Crippen molar-refractivity contribution in [2.24, 2.45) is 0 Å². The molecule has 0 radical (unpaired) electrons. The molecular weight excluding hydrogens is 368 g/mol. The topological polar surface area (TPSA) is 70.7 Å². The summed E-state index contributed by atoms with van der Waals surface area (Å²) < 4.78 is 2.22. The molecule has 0 aliphatic heterocycles. The fourth-order valence-electron chi connectivity index (χ4n) is 4.31. The number of hydrogen-bond donors (Lipinski definition) is 1. The first-order valence-corrected chi connectivity index (χ1v) is 11.2. The fraction of sp³-hybridized carbons (Fsp3) is 0.500. The van der Waals surface area contributed by atoms with Crippen molar-refractivity contribution >= 4 is 17.7 Å². The normalized spacial score (nSPS) is 18.1. The van der Waals surface area contributed by atoms with Crippen molar-refractivity contribution in [2.45, 2.75) is 68.5 Å². The van der Waals surface area contributed by atoms with Crippen LogP contribution in [0, 0.1) is 11.3 Å². The predicted octanol–water partition coefficient (Wildman–Crippen LogP) is 4.19. The highest BCUT2D eigenvalue weighted by molar-refractivity contribution is 7.99. The SMILES string of the molecule is N#CC1(NC(=O)CSc2nc3c(n2-c2ccccc2)CCCC3)CCCCC1. The smallest absolute Gasteiger partial charge is 0.231 e. The third kappa shape index (κ3) is 3.95. The van der Waals surface area contributed by atoms with Crippen LogP contribution in [-0.2, 0) is 17.6 Å². The van der Waals surface area contributed by atoms with Crippen LogP contribution < -0.4 is 5.32 Å². The molecule has 4 rings (SSSR count). The second-order valence-corrected chi connectivity index (χ2v) is 8.70. The van der Waals surface area contributed by atoms with E-state index in [4.69, 9.17) is 4.98 Å². The Kier molecular flexibility index (Phi) is 5.72. The molecule has 0 bridgehead atoms. The Hall–Kier alpha value is -2.26. The van der Waals surface area contributed by atoms with Gasteiger partial charge in [0, 0.05) is 11.4 Å². The molecule has 2 aliphatic carbocycles. The van der Waals surface area contributed by atoms with E-state index in [1.807, 2.05) is 18.2 Å². The van der Waals surface area contributed by atoms with Crippen LogP contribution >= 0.6 is 11.8 Å². The highest BCUT2D eigenvalue weighted by Gasteiger charge is 2.33. The largest absolute Gasteiger partial charge is 0.337 e. The van der Waals surface area contributed by atoms with E-state index in [1.54, 1.807) is 0 Å². The molecule has 0 atom stereocenters. The van der Waals surface area contributed by atoms with Gasteiger partial charge in [0.1, 0.15) is 5.54 Å². The lowest BCUT2D eigenvalue weighted by atomic mass is 9.83. The first-order valence-electron chi connectivity index (χ1n) is 10.2. The Morgan fingerprint density at radius 1 is 1.14 bits per heavy atom. The molecule has 6 heteroatoms. The maximum absolute atomic E-state index is 12.6. The number of nitrogens with zero attached hydrogens (tertiary/aromatic N) is 3. The summed E-state index contributed by atoms with van der Waals surface area (Å²) in [5.74, 6) is 0.209. The van der Waals surface area contributed by atoms with Crippen LogP contribution in [0.25, 0.3) is 5.69 Å². The van der Waals surface area contributed by atoms with Crippen molar-refractivity contribution in [1.82, 2.24) is 14.9 Å². The van der Waals surface area contributed by atoms with E-state index in [9.17, 15) is 10.1 Å². The lowest BCUT2D eigenvalue weighted by Gasteiger charge is -2.31. The number of amides is 1. The summed E-state index contributed by atoms with van der Waals surface area (Å²) in [7, 11) is 0. The fourth-order valence-corrected chi connectivity index (χ4v) is 5.16. The lowest BCUT2D eigenvalue weighted by molar-refractivity contribution is -0.120. The van der Waals surface area contributed by atoms with Gasteiger partial charge in [-0.1, -0.05) is 49.2 Å². The number of aromatic nitrogens is 2. The maximum Gasteiger partial charge on any atom is 0.231 e. The molecule has 0 unspecified atom stereocenters. The van der Waals surface area contributed by atoms with Crippen molar-refractivity contribution in [1.29, 1.82) is 5.26 Å². The standard InChI is InChI=1S/C22H26N4OS/c23-16-22(13-7-2-8-14-22)25-20(27)15-28-21-24-18-11-5-6-12-19(18)26(21)17-9-3-1-4-10-17/h1,3-4,9-10H,2,5-8,11-15H2,(H,25,27). The van der Waals surface area contributed by atoms with Gasteiger partial charge in [0.15, 0.2) is 5.16 Å². The number of hydrogen-bond acceptors (Lipinski definition) is 4. The number of nitriles is 1. The van der Waals surface area contributed by atoms with Gasteiger partial charge in [0.05, 0.1) is 17.5 Å². The van der Waals surface area contributed by atoms with Crippen molar-refractivity contribution in [3.63, 3.8) is 0 Å². The molecule has 2 aromatic rings. The number of carbonyl (C=O) groups excluding carboxylic acids is 1. The van der Waals surface area contributed by atoms with E-state index in [-0.39, 0.29) is 11.7 Å². The summed E-state index contributed by atoms with van der Waals surface area (Å²) in [5, 5.41) is 13.5. The van der Waals surface area contributed by atoms with Gasteiger partial charge in [-0.3, -0.25) is 9.36 Å². The van der Waals surface area contributed by atoms with Crippen molar-refractivity contribution < 1.29 is 4.79 Å². The van der Waals surface area contributed by atoms with Crippen LogP contribution in [0.2, 0.25) is 0 Å². The average molecular weight is 395 g/mol. The summed E-state index contributed by atoms with van der Waals surface area (Å²) in [6.07, 6.45) is 9.06. The van der Waals surface area contributed by atoms with Gasteiger partial charge in [-0.25, -0.2) is 4.98 Å². The molecule has 1 heterocycles. The number of imidazole rings is 1. The van der Waals surface area contributed by atoms with E-state index in [1.165, 1.54) is 36.0 Å². The quantitative estimate of drug-likeness (QED) is 0.772. The van der Waals surface area contributed by atoms with Crippen molar-refractivity contribution in [2.75, 3.05) is 5.75 Å². The Morgan fingerprint density at radius 3 is 2.64 bits per heavy atom. The molecule has 2 aliphatic rings. The highest BCUT2D eigenvalue weighted by Crippen LogP contribution is 2.31. The van der Waals surface area contributed by atoms with Gasteiger partial charge < -0.3 is 5.32 Å². The zero-order valence-electron chi connectivity index (χ0n) is 16.1. The van der Waals surface area contributed by atoms with Gasteiger partial charge in [-0.2, -0.15) is 5.26 Å². The number of para-hydroxylation sites is 1. The van der Waals surface area contributed by atoms with E-state index in [0.29, 0.717) is 0 Å². The molecule has 146 valence electrons. The first kappa shape index (κ1) is 19.1. The first-order chi connectivity index (χ1) is 13.7. The van der Waals surface area contributed by atoms with Crippen LogP contribution in [-0.4, -0.2) is 26.8 Å². The van der Waals surface area contributed by atoms with E-state index >= 15 is 0 Å². The van der Waals surface area contributed by atoms with Gasteiger partial charge in [0.25, 0.3) is 0 Å². The van der Waals surface area contributed by atoms with Crippen LogP contribution in [0.3, 0.4) is 0 Å². The zero-order valence-corrected chi connectivity index (χ0v) is 16.9. The van der Waals surface area contributed by atoms with Crippen molar-refractivity contribution in [3.8, 4) is 11.8 Å². The van der Waals surface area contributed by atoms with Crippen LogP contribution in [0.15, 0.2) is 35.5 Å². The van der Waals surface area contributed by atoms with Gasteiger partial charge in [0.2, 0.25) is 5.91 Å². The zero-order chi connectivity index (χ0) is 19.4. The molecule has 1 saturated carbocycles. The molecule has 28 heavy (non-hydrogen) atoms. The van der Waals surface area contributed by atoms with Crippen molar-refractivity contribution in [3.05, 3.63) is 41.7 Å². The minimum absolute atomic E-state index is 0.0750. The molecule has 0 saturated heterocycles. The van der Waals surface area contributed by atoms with E-state index in [0.717, 1.165) is 55.8 Å². The summed E-state index contributed by atoms with van der Waals surface area (Å²) in [6.45, 7) is 0. The molecular formula is C22H26N4OS. The number of nitrogens with one attached hydrogen (secondary N) is 1. The minimum atomic E-state index is -0.677. The summed E-state index contributed by atoms with van der Waals surface area (Å²) in [6, 6.07) is 12.6. The predicted molar refractivity (Wildman–Crippen MR) is 111 cm³/mol. The second-order valence-electron chi connectivity index (χ2n) is 7.76. The van der Waals surface area contributed by atoms with E-state index < -0.39 is 5.54 Å². The monoisotopic (exact) mass is 394 g/mol. The molecule has 1 aromatic carbocycles. The van der Waals surface area contributed by atoms with E-state index in [2.05, 4.69) is 28.1 Å². The molecule has 1 aromatic heterocycles. The summed E-state index contributed by atoms with van der Waals surface area (Å²) >= 11 is 1.47. The third-order valence-corrected chi connectivity index (χ3v) is 6.69. The minimum Gasteiger partial charge on any atom is -0.337 e. The number of thioether (sulfide) groups is 1. The second kappa shape index (κ2) is 8.40. The number of aryl methyl sites for hydroxylation is 1. The Bertz CT molecular complexity index is 878. The molecule has 1 fully saturated rings. The van der Waals surface area contributed by atoms with Crippen LogP contribution in [0.4, 0.5) is 0 Å². The lowest BCUT2D eigenvalue weighted by Crippen LogP contribution is -2.49. The maximum atomic E-state index is 12.6. The molecule has 1 N–H and O–H groups in total. The average Bonchev–Trinajstić information content (AvgIpc) is 3.12. The van der Waals surface area contributed by atoms with Gasteiger partial charge in [-0.05, 0) is 50.7 Å². The summed E-state index contributed by atoms with van der Waals surface area (Å²) in [5.41, 5.74) is 2.87. The molecule has 1 amide bonds. The number of carbonyl (C=O) groups is 1. The third-order valence-electron chi connectivity index (χ3n) is 5.75. The van der Waals surface area contributed by atoms with Gasteiger partial charge in [-0.15, -0.1) is 0 Å². The number of benzene rings is 1. The number of rotatable bonds is 5. The van der Waals surface area contributed by atoms with Crippen LogP contribution in [0.1, 0.15) is 56.3 Å². The van der Waals surface area contributed by atoms with Gasteiger partial charge >= 0.3 is 0 Å². The Balaban J connectivity index is 1.51. The number of fused-ring (bicyclic) bond motifs is 1. The molecule has 0 spiro atoms. The Labute approximate surface area is 170 Å². The summed E-state index contributed by atoms with van der Waals surface area (Å²) in [4.78, 5) is 17.5.